The van der Waals surface area contributed by atoms with E-state index in [1.807, 2.05) is 0 Å². The molecule has 1 amide bonds. The quantitative estimate of drug-likeness (QED) is 0.696. The van der Waals surface area contributed by atoms with Gasteiger partial charge in [0, 0.05) is 6.54 Å². The maximum absolute atomic E-state index is 12.1. The Bertz CT molecular complexity index is 364. The minimum Gasteiger partial charge on any atom is -0.481 e. The van der Waals surface area contributed by atoms with Gasteiger partial charge >= 0.3 is 5.97 Å². The van der Waals surface area contributed by atoms with E-state index in [0.717, 1.165) is 38.5 Å². The molecule has 4 N–H and O–H groups in total. The number of aliphatic carboxylic acids is 1. The third kappa shape index (κ3) is 3.26. The predicted octanol–water partition coefficient (Wildman–Crippen LogP) is 1.12. The molecular formula is C14H24N2O3. The summed E-state index contributed by atoms with van der Waals surface area (Å²) in [7, 11) is 0. The maximum Gasteiger partial charge on any atom is 0.306 e. The Hall–Kier alpha value is -1.10. The molecule has 3 atom stereocenters. The number of nitrogens with two attached hydrogens (primary N) is 1. The van der Waals surface area contributed by atoms with E-state index in [2.05, 4.69) is 5.32 Å². The van der Waals surface area contributed by atoms with Crippen LogP contribution in [0.3, 0.4) is 0 Å². The SMILES string of the molecule is CC(N)(C(=O)NCC1CCCCC1C(=O)O)C1CC1. The van der Waals surface area contributed by atoms with E-state index in [9.17, 15) is 14.7 Å². The van der Waals surface area contributed by atoms with E-state index in [1.165, 1.54) is 0 Å². The molecule has 5 heteroatoms. The van der Waals surface area contributed by atoms with Crippen molar-refractivity contribution in [1.82, 2.24) is 5.32 Å². The van der Waals surface area contributed by atoms with E-state index in [-0.39, 0.29) is 23.7 Å². The molecule has 108 valence electrons. The number of rotatable bonds is 5. The zero-order chi connectivity index (χ0) is 14.0. The predicted molar refractivity (Wildman–Crippen MR) is 71.4 cm³/mol. The molecule has 3 unspecified atom stereocenters. The number of carboxylic acids is 1. The molecule has 2 fully saturated rings. The number of nitrogens with one attached hydrogen (secondary N) is 1. The number of carbonyl (C=O) groups excluding carboxylic acids is 1. The Kier molecular flexibility index (Phi) is 4.13. The van der Waals surface area contributed by atoms with Gasteiger partial charge in [-0.25, -0.2) is 0 Å². The van der Waals surface area contributed by atoms with Gasteiger partial charge in [-0.2, -0.15) is 0 Å². The van der Waals surface area contributed by atoms with Gasteiger partial charge < -0.3 is 16.2 Å². The Morgan fingerprint density at radius 1 is 1.26 bits per heavy atom. The molecule has 2 saturated carbocycles. The van der Waals surface area contributed by atoms with Crippen molar-refractivity contribution in [3.8, 4) is 0 Å². The molecule has 19 heavy (non-hydrogen) atoms. The number of carboxylic acid groups (broad SMARTS) is 1. The topological polar surface area (TPSA) is 92.4 Å². The van der Waals surface area contributed by atoms with Crippen LogP contribution in [0, 0.1) is 17.8 Å². The summed E-state index contributed by atoms with van der Waals surface area (Å²) >= 11 is 0. The first-order chi connectivity index (χ1) is 8.93. The number of amides is 1. The summed E-state index contributed by atoms with van der Waals surface area (Å²) in [6, 6.07) is 0. The molecule has 0 saturated heterocycles. The Balaban J connectivity index is 1.86. The summed E-state index contributed by atoms with van der Waals surface area (Å²) in [6.07, 6.45) is 5.65. The summed E-state index contributed by atoms with van der Waals surface area (Å²) in [5.74, 6) is -0.861. The van der Waals surface area contributed by atoms with Gasteiger partial charge in [0.15, 0.2) is 0 Å². The van der Waals surface area contributed by atoms with Gasteiger partial charge in [-0.05, 0) is 44.4 Å². The lowest BCUT2D eigenvalue weighted by Gasteiger charge is -2.30. The van der Waals surface area contributed by atoms with E-state index in [1.54, 1.807) is 6.92 Å². The molecular weight excluding hydrogens is 244 g/mol. The Morgan fingerprint density at radius 2 is 1.89 bits per heavy atom. The van der Waals surface area contributed by atoms with Crippen molar-refractivity contribution in [2.75, 3.05) is 6.54 Å². The second kappa shape index (κ2) is 5.49. The van der Waals surface area contributed by atoms with Gasteiger partial charge in [0.2, 0.25) is 5.91 Å². The summed E-state index contributed by atoms with van der Waals surface area (Å²) in [6.45, 7) is 2.21. The molecule has 0 radical (unpaired) electrons. The van der Waals surface area contributed by atoms with Crippen molar-refractivity contribution < 1.29 is 14.7 Å². The Labute approximate surface area is 113 Å². The van der Waals surface area contributed by atoms with E-state index >= 15 is 0 Å². The van der Waals surface area contributed by atoms with Crippen LogP contribution in [0.5, 0.6) is 0 Å². The molecule has 0 aromatic rings. The van der Waals surface area contributed by atoms with Crippen molar-refractivity contribution >= 4 is 11.9 Å². The molecule has 2 rings (SSSR count). The smallest absolute Gasteiger partial charge is 0.306 e. The van der Waals surface area contributed by atoms with Crippen molar-refractivity contribution in [3.05, 3.63) is 0 Å². The minimum absolute atomic E-state index is 0.0465. The lowest BCUT2D eigenvalue weighted by molar-refractivity contribution is -0.145. The fourth-order valence-electron chi connectivity index (χ4n) is 3.06. The molecule has 0 aliphatic heterocycles. The standard InChI is InChI=1S/C14H24N2O3/c1-14(15,10-6-7-10)13(19)16-8-9-4-2-3-5-11(9)12(17)18/h9-11H,2-8,15H2,1H3,(H,16,19)(H,17,18). The molecule has 0 bridgehead atoms. The largest absolute Gasteiger partial charge is 0.481 e. The highest BCUT2D eigenvalue weighted by Gasteiger charge is 2.44. The second-order valence-corrected chi connectivity index (χ2v) is 6.26. The highest BCUT2D eigenvalue weighted by atomic mass is 16.4. The molecule has 0 spiro atoms. The molecule has 2 aliphatic carbocycles. The fourth-order valence-corrected chi connectivity index (χ4v) is 3.06. The van der Waals surface area contributed by atoms with Gasteiger partial charge in [-0.3, -0.25) is 9.59 Å². The van der Waals surface area contributed by atoms with Gasteiger partial charge in [-0.1, -0.05) is 12.8 Å². The highest BCUT2D eigenvalue weighted by Crippen LogP contribution is 2.38. The normalized spacial score (nSPS) is 30.4. The van der Waals surface area contributed by atoms with Crippen molar-refractivity contribution in [2.45, 2.75) is 51.0 Å². The van der Waals surface area contributed by atoms with Crippen LogP contribution < -0.4 is 11.1 Å². The minimum atomic E-state index is -0.798. The lowest BCUT2D eigenvalue weighted by atomic mass is 9.79. The molecule has 5 nitrogen and oxygen atoms in total. The monoisotopic (exact) mass is 268 g/mol. The van der Waals surface area contributed by atoms with E-state index in [4.69, 9.17) is 5.73 Å². The average Bonchev–Trinajstić information content (AvgIpc) is 3.20. The van der Waals surface area contributed by atoms with Crippen LogP contribution in [0.15, 0.2) is 0 Å². The molecule has 2 aliphatic rings. The lowest BCUT2D eigenvalue weighted by Crippen LogP contribution is -2.54. The van der Waals surface area contributed by atoms with Crippen molar-refractivity contribution in [1.29, 1.82) is 0 Å². The number of hydrogen-bond donors (Lipinski definition) is 3. The summed E-state index contributed by atoms with van der Waals surface area (Å²) in [4.78, 5) is 23.3. The summed E-state index contributed by atoms with van der Waals surface area (Å²) in [5, 5.41) is 12.1. The number of carbonyl (C=O) groups is 2. The van der Waals surface area contributed by atoms with Crippen molar-refractivity contribution in [2.24, 2.45) is 23.5 Å². The van der Waals surface area contributed by atoms with E-state index < -0.39 is 11.5 Å². The van der Waals surface area contributed by atoms with Crippen LogP contribution in [0.4, 0.5) is 0 Å². The third-order valence-electron chi connectivity index (χ3n) is 4.67. The Morgan fingerprint density at radius 3 is 2.47 bits per heavy atom. The zero-order valence-electron chi connectivity index (χ0n) is 11.5. The van der Waals surface area contributed by atoms with Crippen molar-refractivity contribution in [3.63, 3.8) is 0 Å². The van der Waals surface area contributed by atoms with Gasteiger partial charge in [0.05, 0.1) is 11.5 Å². The molecule has 0 aromatic carbocycles. The fraction of sp³-hybridized carbons (Fsp3) is 0.857. The first kappa shape index (κ1) is 14.3. The maximum atomic E-state index is 12.1. The molecule has 0 heterocycles. The van der Waals surface area contributed by atoms with Crippen LogP contribution >= 0.6 is 0 Å². The molecule has 0 aromatic heterocycles. The van der Waals surface area contributed by atoms with Crippen LogP contribution in [-0.2, 0) is 9.59 Å². The van der Waals surface area contributed by atoms with Crippen LogP contribution in [0.25, 0.3) is 0 Å². The number of hydrogen-bond acceptors (Lipinski definition) is 3. The van der Waals surface area contributed by atoms with Crippen LogP contribution in [0.2, 0.25) is 0 Å². The summed E-state index contributed by atoms with van der Waals surface area (Å²) in [5.41, 5.74) is 5.25. The van der Waals surface area contributed by atoms with Crippen LogP contribution in [0.1, 0.15) is 45.4 Å². The van der Waals surface area contributed by atoms with Gasteiger partial charge in [0.25, 0.3) is 0 Å². The van der Waals surface area contributed by atoms with Crippen LogP contribution in [-0.4, -0.2) is 29.1 Å². The second-order valence-electron chi connectivity index (χ2n) is 6.26. The summed E-state index contributed by atoms with van der Waals surface area (Å²) < 4.78 is 0. The first-order valence-corrected chi connectivity index (χ1v) is 7.23. The first-order valence-electron chi connectivity index (χ1n) is 7.23. The van der Waals surface area contributed by atoms with Gasteiger partial charge in [-0.15, -0.1) is 0 Å². The highest BCUT2D eigenvalue weighted by molar-refractivity contribution is 5.86. The third-order valence-corrected chi connectivity index (χ3v) is 4.67. The van der Waals surface area contributed by atoms with Gasteiger partial charge in [0.1, 0.15) is 0 Å². The zero-order valence-corrected chi connectivity index (χ0v) is 11.5. The average molecular weight is 268 g/mol. The van der Waals surface area contributed by atoms with E-state index in [0.29, 0.717) is 6.54 Å².